The minimum atomic E-state index is 0.535. The van der Waals surface area contributed by atoms with Gasteiger partial charge >= 0.3 is 0 Å². The van der Waals surface area contributed by atoms with E-state index in [0.717, 1.165) is 17.3 Å². The molecular weight excluding hydrogens is 245 g/mol. The lowest BCUT2D eigenvalue weighted by atomic mass is 10.3. The summed E-state index contributed by atoms with van der Waals surface area (Å²) in [4.78, 5) is 4.33. The lowest BCUT2D eigenvalue weighted by molar-refractivity contribution is 1.05. The van der Waals surface area contributed by atoms with Crippen molar-refractivity contribution in [3.63, 3.8) is 0 Å². The van der Waals surface area contributed by atoms with Gasteiger partial charge in [0, 0.05) is 13.2 Å². The van der Waals surface area contributed by atoms with Crippen molar-refractivity contribution in [2.24, 2.45) is 0 Å². The molecule has 0 atom stereocenters. The van der Waals surface area contributed by atoms with Crippen LogP contribution >= 0.6 is 23.2 Å². The second kappa shape index (κ2) is 4.36. The fourth-order valence-electron chi connectivity index (χ4n) is 1.51. The minimum absolute atomic E-state index is 0.535. The molecule has 0 bridgehead atoms. The molecule has 0 unspecified atom stereocenters. The number of aromatic nitrogens is 2. The van der Waals surface area contributed by atoms with Crippen LogP contribution in [0.15, 0.2) is 24.4 Å². The fourth-order valence-corrected chi connectivity index (χ4v) is 1.80. The lowest BCUT2D eigenvalue weighted by Crippen LogP contribution is -2.00. The van der Waals surface area contributed by atoms with Gasteiger partial charge < -0.3 is 5.32 Å². The topological polar surface area (TPSA) is 29.9 Å². The van der Waals surface area contributed by atoms with Crippen LogP contribution in [-0.2, 0) is 0 Å². The Hall–Kier alpha value is -1.19. The molecule has 0 aliphatic carbocycles. The van der Waals surface area contributed by atoms with Gasteiger partial charge in [0.05, 0.1) is 21.4 Å². The van der Waals surface area contributed by atoms with E-state index in [2.05, 4.69) is 10.3 Å². The molecule has 1 aromatic carbocycles. The maximum absolute atomic E-state index is 5.98. The Morgan fingerprint density at radius 3 is 2.62 bits per heavy atom. The van der Waals surface area contributed by atoms with Gasteiger partial charge in [0.2, 0.25) is 5.95 Å². The van der Waals surface area contributed by atoms with E-state index < -0.39 is 0 Å². The molecule has 0 radical (unpaired) electrons. The Labute approximate surface area is 104 Å². The van der Waals surface area contributed by atoms with Crippen LogP contribution in [0.5, 0.6) is 0 Å². The van der Waals surface area contributed by atoms with E-state index in [1.54, 1.807) is 6.07 Å². The lowest BCUT2D eigenvalue weighted by Gasteiger charge is -2.07. The van der Waals surface area contributed by atoms with Gasteiger partial charge in [-0.15, -0.1) is 0 Å². The SMILES string of the molecule is CNc1nc(C)cn1-c1ccc(Cl)c(Cl)c1. The van der Waals surface area contributed by atoms with Crippen molar-refractivity contribution in [3.05, 3.63) is 40.1 Å². The summed E-state index contributed by atoms with van der Waals surface area (Å²) in [6.45, 7) is 1.94. The number of nitrogens with zero attached hydrogens (tertiary/aromatic N) is 2. The highest BCUT2D eigenvalue weighted by Gasteiger charge is 2.07. The predicted octanol–water partition coefficient (Wildman–Crippen LogP) is 3.53. The molecule has 1 N–H and O–H groups in total. The highest BCUT2D eigenvalue weighted by molar-refractivity contribution is 6.42. The van der Waals surface area contributed by atoms with E-state index >= 15 is 0 Å². The predicted molar refractivity (Wildman–Crippen MR) is 67.9 cm³/mol. The second-order valence-electron chi connectivity index (χ2n) is 3.42. The van der Waals surface area contributed by atoms with E-state index in [4.69, 9.17) is 23.2 Å². The van der Waals surface area contributed by atoms with E-state index in [-0.39, 0.29) is 0 Å². The molecule has 3 nitrogen and oxygen atoms in total. The number of hydrogen-bond donors (Lipinski definition) is 1. The average Bonchev–Trinajstić information content (AvgIpc) is 2.63. The number of nitrogens with one attached hydrogen (secondary N) is 1. The summed E-state index contributed by atoms with van der Waals surface area (Å²) in [5.41, 5.74) is 1.87. The summed E-state index contributed by atoms with van der Waals surface area (Å²) in [6.07, 6.45) is 1.94. The fraction of sp³-hybridized carbons (Fsp3) is 0.182. The summed E-state index contributed by atoms with van der Waals surface area (Å²) in [5, 5.41) is 4.11. The number of imidazole rings is 1. The monoisotopic (exact) mass is 255 g/mol. The second-order valence-corrected chi connectivity index (χ2v) is 4.24. The maximum Gasteiger partial charge on any atom is 0.207 e. The minimum Gasteiger partial charge on any atom is -0.358 e. The standard InChI is InChI=1S/C11H11Cl2N3/c1-7-6-16(11(14-2)15-7)8-3-4-9(12)10(13)5-8/h3-6H,1-2H3,(H,14,15). The summed E-state index contributed by atoms with van der Waals surface area (Å²) in [7, 11) is 1.83. The van der Waals surface area contributed by atoms with Crippen LogP contribution in [0.25, 0.3) is 5.69 Å². The van der Waals surface area contributed by atoms with Gasteiger partial charge in [-0.3, -0.25) is 4.57 Å². The van der Waals surface area contributed by atoms with E-state index in [0.29, 0.717) is 10.0 Å². The van der Waals surface area contributed by atoms with Crippen LogP contribution in [0, 0.1) is 6.92 Å². The zero-order chi connectivity index (χ0) is 11.7. The van der Waals surface area contributed by atoms with E-state index in [9.17, 15) is 0 Å². The third-order valence-corrected chi connectivity index (χ3v) is 2.97. The molecule has 2 aromatic rings. The molecule has 1 heterocycles. The molecule has 0 aliphatic heterocycles. The Bertz CT molecular complexity index is 520. The molecule has 0 saturated carbocycles. The molecule has 1 aromatic heterocycles. The van der Waals surface area contributed by atoms with Crippen LogP contribution < -0.4 is 5.32 Å². The quantitative estimate of drug-likeness (QED) is 0.890. The molecule has 0 spiro atoms. The number of anilines is 1. The van der Waals surface area contributed by atoms with Crippen molar-refractivity contribution in [3.8, 4) is 5.69 Å². The molecule has 5 heteroatoms. The summed E-state index contributed by atoms with van der Waals surface area (Å²) >= 11 is 11.9. The van der Waals surface area contributed by atoms with Gasteiger partial charge in [0.15, 0.2) is 0 Å². The first-order valence-corrected chi connectivity index (χ1v) is 5.56. The highest BCUT2D eigenvalue weighted by Crippen LogP contribution is 2.26. The number of benzene rings is 1. The van der Waals surface area contributed by atoms with Gasteiger partial charge in [-0.25, -0.2) is 4.98 Å². The van der Waals surface area contributed by atoms with Gasteiger partial charge in [0.1, 0.15) is 0 Å². The van der Waals surface area contributed by atoms with Gasteiger partial charge in [-0.05, 0) is 25.1 Å². The van der Waals surface area contributed by atoms with Crippen molar-refractivity contribution in [1.82, 2.24) is 9.55 Å². The van der Waals surface area contributed by atoms with E-state index in [1.165, 1.54) is 0 Å². The Morgan fingerprint density at radius 1 is 1.25 bits per heavy atom. The zero-order valence-electron chi connectivity index (χ0n) is 8.96. The molecular formula is C11H11Cl2N3. The average molecular weight is 256 g/mol. The van der Waals surface area contributed by atoms with Crippen LogP contribution in [0.2, 0.25) is 10.0 Å². The molecule has 84 valence electrons. The third kappa shape index (κ3) is 2.01. The number of rotatable bonds is 2. The Morgan fingerprint density at radius 2 is 2.00 bits per heavy atom. The summed E-state index contributed by atoms with van der Waals surface area (Å²) < 4.78 is 1.93. The number of hydrogen-bond acceptors (Lipinski definition) is 2. The van der Waals surface area contributed by atoms with Crippen LogP contribution in [0.1, 0.15) is 5.69 Å². The molecule has 0 fully saturated rings. The highest BCUT2D eigenvalue weighted by atomic mass is 35.5. The smallest absolute Gasteiger partial charge is 0.207 e. The molecule has 0 aliphatic rings. The molecule has 0 amide bonds. The Kier molecular flexibility index (Phi) is 3.08. The first kappa shape index (κ1) is 11.3. The van der Waals surface area contributed by atoms with Crippen LogP contribution in [0.4, 0.5) is 5.95 Å². The first-order valence-electron chi connectivity index (χ1n) is 4.81. The number of halogens is 2. The molecule has 16 heavy (non-hydrogen) atoms. The molecule has 2 rings (SSSR count). The first-order chi connectivity index (χ1) is 7.61. The van der Waals surface area contributed by atoms with Gasteiger partial charge in [0.25, 0.3) is 0 Å². The zero-order valence-corrected chi connectivity index (χ0v) is 10.5. The summed E-state index contributed by atoms with van der Waals surface area (Å²) in [6, 6.07) is 5.48. The van der Waals surface area contributed by atoms with E-state index in [1.807, 2.05) is 36.9 Å². The van der Waals surface area contributed by atoms with Crippen LogP contribution in [0.3, 0.4) is 0 Å². The van der Waals surface area contributed by atoms with Crippen LogP contribution in [-0.4, -0.2) is 16.6 Å². The van der Waals surface area contributed by atoms with Crippen molar-refractivity contribution < 1.29 is 0 Å². The largest absolute Gasteiger partial charge is 0.358 e. The number of aryl methyl sites for hydroxylation is 1. The van der Waals surface area contributed by atoms with Crippen molar-refractivity contribution in [2.75, 3.05) is 12.4 Å². The van der Waals surface area contributed by atoms with Gasteiger partial charge in [-0.2, -0.15) is 0 Å². The van der Waals surface area contributed by atoms with Crippen molar-refractivity contribution in [1.29, 1.82) is 0 Å². The normalized spacial score (nSPS) is 10.5. The summed E-state index contributed by atoms with van der Waals surface area (Å²) in [5.74, 6) is 0.774. The van der Waals surface area contributed by atoms with Crippen molar-refractivity contribution in [2.45, 2.75) is 6.92 Å². The van der Waals surface area contributed by atoms with Gasteiger partial charge in [-0.1, -0.05) is 23.2 Å². The van der Waals surface area contributed by atoms with Crippen molar-refractivity contribution >= 4 is 29.2 Å². The molecule has 0 saturated heterocycles. The third-order valence-electron chi connectivity index (χ3n) is 2.23. The Balaban J connectivity index is 2.53. The maximum atomic E-state index is 5.98.